The molecule has 3 rings (SSSR count). The molecule has 0 N–H and O–H groups in total. The van der Waals surface area contributed by atoms with Crippen LogP contribution in [-0.2, 0) is 9.59 Å². The molecule has 1 saturated carbocycles. The highest BCUT2D eigenvalue weighted by Crippen LogP contribution is 2.36. The molecule has 1 aliphatic rings. The molecule has 2 aromatic rings. The fourth-order valence-electron chi connectivity index (χ4n) is 3.51. The van der Waals surface area contributed by atoms with Crippen molar-refractivity contribution in [3.63, 3.8) is 0 Å². The fourth-order valence-corrected chi connectivity index (χ4v) is 3.51. The molecule has 0 heterocycles. The molecule has 0 saturated heterocycles. The maximum Gasteiger partial charge on any atom is 0.308 e. The Balaban J connectivity index is 0.000000785. The lowest BCUT2D eigenvalue weighted by Crippen LogP contribution is -2.11. The highest BCUT2D eigenvalue weighted by Gasteiger charge is 2.15. The summed E-state index contributed by atoms with van der Waals surface area (Å²) in [4.78, 5) is 30.9. The summed E-state index contributed by atoms with van der Waals surface area (Å²) < 4.78 is 10.3. The highest BCUT2D eigenvalue weighted by molar-refractivity contribution is 6.59. The number of hydrogen-bond acceptors (Lipinski definition) is 6. The number of carbonyl (C=O) groups excluding carboxylic acids is 3. The third kappa shape index (κ3) is 8.26. The quantitative estimate of drug-likeness (QED) is 0.380. The van der Waals surface area contributed by atoms with Crippen LogP contribution in [0.1, 0.15) is 57.1 Å². The summed E-state index contributed by atoms with van der Waals surface area (Å²) in [7, 11) is 0. The van der Waals surface area contributed by atoms with E-state index in [9.17, 15) is 9.59 Å². The Labute approximate surface area is 186 Å². The Morgan fingerprint density at radius 3 is 1.42 bits per heavy atom. The van der Waals surface area contributed by atoms with Gasteiger partial charge in [0, 0.05) is 13.8 Å². The number of carbonyl (C=O) groups is 3. The highest BCUT2D eigenvalue weighted by atomic mass is 35.5. The van der Waals surface area contributed by atoms with E-state index in [-0.39, 0.29) is 11.9 Å². The minimum absolute atomic E-state index is 0.324. The lowest BCUT2D eigenvalue weighted by molar-refractivity contribution is -0.233. The molecule has 0 amide bonds. The molecule has 0 unspecified atom stereocenters. The van der Waals surface area contributed by atoms with Crippen LogP contribution in [0.3, 0.4) is 0 Å². The summed E-state index contributed by atoms with van der Waals surface area (Å²) in [6, 6.07) is 15.3. The van der Waals surface area contributed by atoms with Crippen LogP contribution in [0.5, 0.6) is 11.5 Å². The van der Waals surface area contributed by atoms with Gasteiger partial charge in [0.2, 0.25) is 0 Å². The molecule has 2 aromatic carbocycles. The van der Waals surface area contributed by atoms with E-state index in [2.05, 4.69) is 11.6 Å². The fraction of sp³-hybridized carbons (Fsp3) is 0.292. The zero-order valence-corrected chi connectivity index (χ0v) is 18.2. The number of allylic oxidation sites excluding steroid dienone is 1. The number of carboxylic acid groups (broad SMARTS) is 1. The van der Waals surface area contributed by atoms with E-state index in [4.69, 9.17) is 19.4 Å². The molecule has 0 radical (unpaired) electrons. The summed E-state index contributed by atoms with van der Waals surface area (Å²) in [5.41, 5.74) is 3.26. The minimum atomic E-state index is -1.61. The molecule has 31 heavy (non-hydrogen) atoms. The van der Waals surface area contributed by atoms with Gasteiger partial charge in [-0.1, -0.05) is 47.9 Å². The maximum atomic E-state index is 11.1. The summed E-state index contributed by atoms with van der Waals surface area (Å²) >= 11 is 4.08. The zero-order valence-electron chi connectivity index (χ0n) is 17.5. The molecular weight excluding hydrogens is 420 g/mol. The maximum absolute atomic E-state index is 11.1. The number of rotatable bonds is 4. The van der Waals surface area contributed by atoms with Crippen molar-refractivity contribution in [2.75, 3.05) is 0 Å². The summed E-state index contributed by atoms with van der Waals surface area (Å²) in [6.45, 7) is 2.79. The van der Waals surface area contributed by atoms with Gasteiger partial charge in [-0.05, 0) is 66.6 Å². The van der Waals surface area contributed by atoms with Gasteiger partial charge >= 0.3 is 11.9 Å². The number of halogens is 1. The van der Waals surface area contributed by atoms with Crippen molar-refractivity contribution in [1.29, 1.82) is 0 Å². The van der Waals surface area contributed by atoms with Crippen LogP contribution in [0.25, 0.3) is 5.57 Å². The number of hydrogen-bond donors (Lipinski definition) is 0. The van der Waals surface area contributed by atoms with Gasteiger partial charge < -0.3 is 19.4 Å². The average molecular weight is 444 g/mol. The van der Waals surface area contributed by atoms with Crippen LogP contribution in [0, 0.1) is 0 Å². The van der Waals surface area contributed by atoms with E-state index in [1.807, 2.05) is 48.5 Å². The van der Waals surface area contributed by atoms with E-state index < -0.39 is 5.43 Å². The van der Waals surface area contributed by atoms with Crippen LogP contribution in [0.2, 0.25) is 0 Å². The lowest BCUT2D eigenvalue weighted by atomic mass is 9.85. The molecule has 1 fully saturated rings. The second-order valence-corrected chi connectivity index (χ2v) is 7.32. The summed E-state index contributed by atoms with van der Waals surface area (Å²) in [5, 5.41) is 8.65. The lowest BCUT2D eigenvalue weighted by Gasteiger charge is -2.20. The largest absolute Gasteiger partial charge is 0.534 e. The van der Waals surface area contributed by atoms with E-state index in [0.29, 0.717) is 11.5 Å². The Morgan fingerprint density at radius 1 is 0.742 bits per heavy atom. The van der Waals surface area contributed by atoms with Gasteiger partial charge in [0.25, 0.3) is 0 Å². The molecule has 0 atom stereocenters. The number of esters is 2. The average Bonchev–Trinajstić information content (AvgIpc) is 2.70. The van der Waals surface area contributed by atoms with Crippen molar-refractivity contribution in [3.8, 4) is 11.5 Å². The predicted molar refractivity (Wildman–Crippen MR) is 116 cm³/mol. The first-order valence-corrected chi connectivity index (χ1v) is 10.3. The standard InChI is InChI=1S/C23H24O4.CHClO2/c1-16(24)26-21-12-8-19(9-13-21)23(18-6-4-3-5-7-18)20-10-14-22(15-11-20)27-17(2)25;2-1(3)4/h8-15H,3-7H2,1-2H3;(H,3,4)/p-1. The molecule has 0 aromatic heterocycles. The third-order valence-corrected chi connectivity index (χ3v) is 4.62. The van der Waals surface area contributed by atoms with E-state index in [1.165, 1.54) is 44.3 Å². The first kappa shape index (κ1) is 24.2. The van der Waals surface area contributed by atoms with E-state index >= 15 is 0 Å². The van der Waals surface area contributed by atoms with E-state index in [1.54, 1.807) is 0 Å². The Bertz CT molecular complexity index is 872. The van der Waals surface area contributed by atoms with Gasteiger partial charge in [0.1, 0.15) is 16.9 Å². The second-order valence-electron chi connectivity index (χ2n) is 7.01. The van der Waals surface area contributed by atoms with Crippen LogP contribution in [0.4, 0.5) is 4.79 Å². The first-order chi connectivity index (χ1) is 14.8. The van der Waals surface area contributed by atoms with Gasteiger partial charge in [-0.15, -0.1) is 0 Å². The Morgan fingerprint density at radius 2 is 1.10 bits per heavy atom. The topological polar surface area (TPSA) is 92.7 Å². The van der Waals surface area contributed by atoms with Gasteiger partial charge in [-0.25, -0.2) is 0 Å². The summed E-state index contributed by atoms with van der Waals surface area (Å²) in [6.07, 6.45) is 5.86. The normalized spacial score (nSPS) is 12.8. The predicted octanol–water partition coefficient (Wildman–Crippen LogP) is 4.87. The zero-order chi connectivity index (χ0) is 22.8. The van der Waals surface area contributed by atoms with Gasteiger partial charge in [0.15, 0.2) is 0 Å². The third-order valence-electron chi connectivity index (χ3n) is 4.62. The monoisotopic (exact) mass is 443 g/mol. The Hall–Kier alpha value is -3.12. The van der Waals surface area contributed by atoms with Crippen molar-refractivity contribution in [2.45, 2.75) is 46.0 Å². The van der Waals surface area contributed by atoms with Crippen molar-refractivity contribution >= 4 is 34.5 Å². The van der Waals surface area contributed by atoms with Crippen molar-refractivity contribution in [1.82, 2.24) is 0 Å². The van der Waals surface area contributed by atoms with E-state index in [0.717, 1.165) is 24.0 Å². The second kappa shape index (κ2) is 11.9. The van der Waals surface area contributed by atoms with Gasteiger partial charge in [-0.3, -0.25) is 9.59 Å². The van der Waals surface area contributed by atoms with Gasteiger partial charge in [-0.2, -0.15) is 0 Å². The molecule has 7 heteroatoms. The molecule has 1 aliphatic carbocycles. The van der Waals surface area contributed by atoms with Crippen LogP contribution in [-0.4, -0.2) is 17.4 Å². The molecule has 0 bridgehead atoms. The molecule has 164 valence electrons. The van der Waals surface area contributed by atoms with Gasteiger partial charge in [0.05, 0.1) is 0 Å². The first-order valence-electron chi connectivity index (χ1n) is 9.92. The van der Waals surface area contributed by atoms with Crippen LogP contribution < -0.4 is 14.6 Å². The van der Waals surface area contributed by atoms with Crippen molar-refractivity contribution in [2.24, 2.45) is 0 Å². The number of ether oxygens (including phenoxy) is 2. The molecule has 0 spiro atoms. The smallest absolute Gasteiger partial charge is 0.308 e. The van der Waals surface area contributed by atoms with Crippen LogP contribution in [0.15, 0.2) is 54.1 Å². The molecular formula is C24H24ClO6-. The minimum Gasteiger partial charge on any atom is -0.534 e. The Kier molecular flexibility index (Phi) is 9.28. The molecule has 0 aliphatic heterocycles. The summed E-state index contributed by atoms with van der Waals surface area (Å²) in [5.74, 6) is 0.443. The van der Waals surface area contributed by atoms with Crippen LogP contribution >= 0.6 is 11.6 Å². The SMILES string of the molecule is CC(=O)Oc1ccc(C(=C2CCCCC2)c2ccc(OC(C)=O)cc2)cc1.O=C([O-])Cl. The number of benzene rings is 2. The van der Waals surface area contributed by atoms with Crippen molar-refractivity contribution < 1.29 is 29.0 Å². The molecule has 6 nitrogen and oxygen atoms in total. The van der Waals surface area contributed by atoms with Crippen molar-refractivity contribution in [3.05, 3.63) is 65.2 Å².